The van der Waals surface area contributed by atoms with Crippen molar-refractivity contribution < 1.29 is 28.1 Å². The van der Waals surface area contributed by atoms with Crippen LogP contribution in [0.3, 0.4) is 0 Å². The zero-order valence-corrected chi connectivity index (χ0v) is 17.6. The Labute approximate surface area is 171 Å². The molecule has 0 aliphatic carbocycles. The molecule has 0 N–H and O–H groups in total. The Hall–Kier alpha value is -2.76. The molecule has 0 saturated heterocycles. The van der Waals surface area contributed by atoms with Crippen LogP contribution in [0.25, 0.3) is 0 Å². The monoisotopic (exact) mass is 403 g/mol. The van der Waals surface area contributed by atoms with Gasteiger partial charge in [0.25, 0.3) is 0 Å². The third-order valence-electron chi connectivity index (χ3n) is 3.99. The normalized spacial score (nSPS) is 11.1. The maximum atomic E-state index is 14.5. The Kier molecular flexibility index (Phi) is 7.88. The highest BCUT2D eigenvalue weighted by Gasteiger charge is 2.17. The minimum atomic E-state index is -0.546. The maximum Gasteiger partial charge on any atom is 0.344 e. The molecule has 2 aromatic rings. The van der Waals surface area contributed by atoms with E-state index in [1.54, 1.807) is 18.2 Å². The standard InChI is InChI=1S/C23H28FO5/c1-23(2,3)29-20(25)15-28-18-11-7-9-16(14-18)8-6-10-17-12-13-19(26-4)22(27-5)21(17)24/h7-9,11-14H,6,10,15H2,1-5H3. The van der Waals surface area contributed by atoms with Crippen LogP contribution in [0.2, 0.25) is 0 Å². The molecule has 6 heteroatoms. The zero-order chi connectivity index (χ0) is 21.4. The average molecular weight is 403 g/mol. The Bertz CT molecular complexity index is 827. The number of hydrogen-bond acceptors (Lipinski definition) is 5. The molecule has 0 unspecified atom stereocenters. The van der Waals surface area contributed by atoms with Crippen molar-refractivity contribution in [2.75, 3.05) is 20.8 Å². The quantitative estimate of drug-likeness (QED) is 0.566. The summed E-state index contributed by atoms with van der Waals surface area (Å²) in [7, 11) is 2.89. The number of ether oxygens (including phenoxy) is 4. The number of hydrogen-bond donors (Lipinski definition) is 0. The molecule has 2 rings (SSSR count). The number of aryl methyl sites for hydroxylation is 1. The van der Waals surface area contributed by atoms with Crippen LogP contribution in [0.15, 0.2) is 36.4 Å². The second kappa shape index (κ2) is 10.1. The number of halogens is 1. The molecule has 5 nitrogen and oxygen atoms in total. The zero-order valence-electron chi connectivity index (χ0n) is 17.6. The number of carbonyl (C=O) groups excluding carboxylic acids is 1. The van der Waals surface area contributed by atoms with Crippen LogP contribution in [0, 0.1) is 12.2 Å². The van der Waals surface area contributed by atoms with Crippen LogP contribution in [-0.4, -0.2) is 32.4 Å². The van der Waals surface area contributed by atoms with Crippen molar-refractivity contribution in [3.8, 4) is 17.2 Å². The molecular weight excluding hydrogens is 375 g/mol. The van der Waals surface area contributed by atoms with Crippen LogP contribution in [0.1, 0.15) is 38.3 Å². The van der Waals surface area contributed by atoms with Crippen LogP contribution < -0.4 is 14.2 Å². The van der Waals surface area contributed by atoms with Crippen molar-refractivity contribution in [1.82, 2.24) is 0 Å². The first-order chi connectivity index (χ1) is 13.7. The van der Waals surface area contributed by atoms with Crippen LogP contribution >= 0.6 is 0 Å². The van der Waals surface area contributed by atoms with Gasteiger partial charge in [0.1, 0.15) is 11.4 Å². The Morgan fingerprint density at radius 1 is 1.10 bits per heavy atom. The van der Waals surface area contributed by atoms with Gasteiger partial charge in [0.15, 0.2) is 23.9 Å². The van der Waals surface area contributed by atoms with Crippen LogP contribution in [0.4, 0.5) is 4.39 Å². The molecule has 2 aromatic carbocycles. The van der Waals surface area contributed by atoms with Crippen molar-refractivity contribution in [2.24, 2.45) is 0 Å². The number of benzene rings is 2. The second-order valence-electron chi connectivity index (χ2n) is 7.46. The molecule has 0 saturated carbocycles. The minimum absolute atomic E-state index is 0.113. The largest absolute Gasteiger partial charge is 0.493 e. The van der Waals surface area contributed by atoms with Gasteiger partial charge in [0, 0.05) is 0 Å². The topological polar surface area (TPSA) is 54.0 Å². The van der Waals surface area contributed by atoms with Crippen molar-refractivity contribution in [1.29, 1.82) is 0 Å². The van der Waals surface area contributed by atoms with E-state index in [4.69, 9.17) is 18.9 Å². The summed E-state index contributed by atoms with van der Waals surface area (Å²) < 4.78 is 35.5. The molecule has 0 bridgehead atoms. The molecule has 0 fully saturated rings. The Balaban J connectivity index is 1.91. The molecule has 0 aliphatic rings. The summed E-state index contributed by atoms with van der Waals surface area (Å²) in [5.41, 5.74) is 0.930. The predicted octanol–water partition coefficient (Wildman–Crippen LogP) is 4.75. The molecule has 0 spiro atoms. The Morgan fingerprint density at radius 2 is 1.86 bits per heavy atom. The van der Waals surface area contributed by atoms with Gasteiger partial charge in [-0.1, -0.05) is 18.2 Å². The van der Waals surface area contributed by atoms with E-state index in [1.165, 1.54) is 14.2 Å². The molecule has 0 aliphatic heterocycles. The summed E-state index contributed by atoms with van der Waals surface area (Å²) in [4.78, 5) is 11.8. The van der Waals surface area contributed by atoms with Crippen LogP contribution in [-0.2, 0) is 16.0 Å². The smallest absolute Gasteiger partial charge is 0.344 e. The van der Waals surface area contributed by atoms with E-state index in [1.807, 2.05) is 45.4 Å². The molecule has 0 aromatic heterocycles. The van der Waals surface area contributed by atoms with E-state index in [9.17, 15) is 9.18 Å². The fourth-order valence-corrected chi connectivity index (χ4v) is 2.76. The molecule has 157 valence electrons. The molecular formula is C23H28FO5. The van der Waals surface area contributed by atoms with Gasteiger partial charge in [-0.05, 0) is 69.4 Å². The lowest BCUT2D eigenvalue weighted by atomic mass is 10.0. The van der Waals surface area contributed by atoms with Gasteiger partial charge in [-0.15, -0.1) is 0 Å². The molecule has 0 heterocycles. The third-order valence-corrected chi connectivity index (χ3v) is 3.99. The average Bonchev–Trinajstić information content (AvgIpc) is 2.66. The lowest BCUT2D eigenvalue weighted by Gasteiger charge is -2.19. The first-order valence-electron chi connectivity index (χ1n) is 9.40. The fraction of sp³-hybridized carbons (Fsp3) is 0.391. The first-order valence-corrected chi connectivity index (χ1v) is 9.40. The summed E-state index contributed by atoms with van der Waals surface area (Å²) in [6, 6.07) is 10.8. The van der Waals surface area contributed by atoms with E-state index >= 15 is 0 Å². The predicted molar refractivity (Wildman–Crippen MR) is 109 cm³/mol. The highest BCUT2D eigenvalue weighted by molar-refractivity contribution is 5.71. The number of rotatable bonds is 9. The summed E-state index contributed by atoms with van der Waals surface area (Å²) in [5.74, 6) is 0.225. The fourth-order valence-electron chi connectivity index (χ4n) is 2.76. The van der Waals surface area contributed by atoms with Crippen molar-refractivity contribution in [3.05, 3.63) is 59.8 Å². The summed E-state index contributed by atoms with van der Waals surface area (Å²) in [6.45, 7) is 5.27. The SMILES string of the molecule is COc1ccc(CC[CH]c2cccc(OCC(=O)OC(C)(C)C)c2)c(F)c1OC. The van der Waals surface area contributed by atoms with Gasteiger partial charge in [-0.2, -0.15) is 0 Å². The second-order valence-corrected chi connectivity index (χ2v) is 7.46. The highest BCUT2D eigenvalue weighted by atomic mass is 19.1. The van der Waals surface area contributed by atoms with E-state index in [2.05, 4.69) is 0 Å². The van der Waals surface area contributed by atoms with E-state index in [0.717, 1.165) is 5.56 Å². The van der Waals surface area contributed by atoms with E-state index < -0.39 is 17.4 Å². The lowest BCUT2D eigenvalue weighted by Crippen LogP contribution is -2.27. The lowest BCUT2D eigenvalue weighted by molar-refractivity contribution is -0.157. The van der Waals surface area contributed by atoms with Crippen LogP contribution in [0.5, 0.6) is 17.2 Å². The van der Waals surface area contributed by atoms with Crippen molar-refractivity contribution in [3.63, 3.8) is 0 Å². The van der Waals surface area contributed by atoms with Crippen molar-refractivity contribution in [2.45, 2.75) is 39.2 Å². The Morgan fingerprint density at radius 3 is 2.52 bits per heavy atom. The molecule has 29 heavy (non-hydrogen) atoms. The molecule has 1 radical (unpaired) electrons. The van der Waals surface area contributed by atoms with E-state index in [-0.39, 0.29) is 12.4 Å². The minimum Gasteiger partial charge on any atom is -0.493 e. The van der Waals surface area contributed by atoms with E-state index in [0.29, 0.717) is 29.9 Å². The first kappa shape index (κ1) is 22.5. The number of methoxy groups -OCH3 is 2. The molecule has 0 atom stereocenters. The summed E-state index contributed by atoms with van der Waals surface area (Å²) in [5, 5.41) is 0. The highest BCUT2D eigenvalue weighted by Crippen LogP contribution is 2.32. The maximum absolute atomic E-state index is 14.5. The number of carbonyl (C=O) groups is 1. The van der Waals surface area contributed by atoms with Gasteiger partial charge in [-0.25, -0.2) is 9.18 Å². The van der Waals surface area contributed by atoms with Gasteiger partial charge >= 0.3 is 5.97 Å². The number of esters is 1. The summed E-state index contributed by atoms with van der Waals surface area (Å²) >= 11 is 0. The van der Waals surface area contributed by atoms with Gasteiger partial charge in [0.05, 0.1) is 14.2 Å². The summed E-state index contributed by atoms with van der Waals surface area (Å²) in [6.07, 6.45) is 3.12. The van der Waals surface area contributed by atoms with Gasteiger partial charge in [0.2, 0.25) is 0 Å². The van der Waals surface area contributed by atoms with Gasteiger partial charge < -0.3 is 18.9 Å². The molecule has 0 amide bonds. The van der Waals surface area contributed by atoms with Crippen molar-refractivity contribution >= 4 is 5.97 Å². The van der Waals surface area contributed by atoms with Gasteiger partial charge in [-0.3, -0.25) is 0 Å². The third kappa shape index (κ3) is 6.97.